The van der Waals surface area contributed by atoms with E-state index in [4.69, 9.17) is 9.47 Å². The molecule has 3 atom stereocenters. The maximum Gasteiger partial charge on any atom is 0.411 e. The van der Waals surface area contributed by atoms with Crippen LogP contribution in [0.15, 0.2) is 36.5 Å². The van der Waals surface area contributed by atoms with Crippen LogP contribution in [0.3, 0.4) is 0 Å². The first-order valence-electron chi connectivity index (χ1n) is 8.00. The van der Waals surface area contributed by atoms with Crippen molar-refractivity contribution in [2.24, 2.45) is 0 Å². The Bertz CT molecular complexity index is 613. The van der Waals surface area contributed by atoms with Gasteiger partial charge in [0.1, 0.15) is 11.2 Å². The van der Waals surface area contributed by atoms with Crippen LogP contribution in [-0.4, -0.2) is 40.2 Å². The second-order valence-corrected chi connectivity index (χ2v) is 7.42. The molecule has 23 heavy (non-hydrogen) atoms. The van der Waals surface area contributed by atoms with E-state index >= 15 is 0 Å². The van der Waals surface area contributed by atoms with Crippen molar-refractivity contribution in [3.05, 3.63) is 36.5 Å². The fourth-order valence-corrected chi connectivity index (χ4v) is 3.69. The van der Waals surface area contributed by atoms with Crippen LogP contribution in [-0.2, 0) is 14.3 Å². The molecule has 3 rings (SSSR count). The molecule has 2 aliphatic heterocycles. The molecule has 2 bridgehead atoms. The van der Waals surface area contributed by atoms with E-state index in [0.29, 0.717) is 19.3 Å². The molecule has 0 unspecified atom stereocenters. The minimum Gasteiger partial charge on any atom is -0.451 e. The quantitative estimate of drug-likeness (QED) is 0.580. The number of piperidine rings is 1. The first kappa shape index (κ1) is 15.8. The van der Waals surface area contributed by atoms with Crippen LogP contribution in [0.1, 0.15) is 40.0 Å². The highest BCUT2D eigenvalue weighted by atomic mass is 16.6. The summed E-state index contributed by atoms with van der Waals surface area (Å²) in [5, 5.41) is 0. The van der Waals surface area contributed by atoms with E-state index in [9.17, 15) is 9.59 Å². The van der Waals surface area contributed by atoms with E-state index in [-0.39, 0.29) is 24.1 Å². The molecule has 0 aromatic carbocycles. The Balaban J connectivity index is 1.91. The highest BCUT2D eigenvalue weighted by molar-refractivity contribution is 5.88. The number of fused-ring (bicyclic) bond motifs is 1. The summed E-state index contributed by atoms with van der Waals surface area (Å²) in [6.07, 6.45) is 8.70. The van der Waals surface area contributed by atoms with Gasteiger partial charge in [0.25, 0.3) is 0 Å². The standard InChI is InChI=1S/C18H23NO4/c1-5-6-13-10-18-11-14(8-7-12(18)9-15(20)22-18)19(13)16(21)23-17(2,3)4/h5,7-9,13-14H,1,6,10-11H2,2-4H3/t13-,14-,18+/m1/s1. The first-order valence-corrected chi connectivity index (χ1v) is 8.00. The molecule has 1 fully saturated rings. The van der Waals surface area contributed by atoms with Gasteiger partial charge < -0.3 is 9.47 Å². The Labute approximate surface area is 136 Å². The molecular weight excluding hydrogens is 294 g/mol. The van der Waals surface area contributed by atoms with Gasteiger partial charge in [-0.15, -0.1) is 6.58 Å². The van der Waals surface area contributed by atoms with Gasteiger partial charge in [-0.1, -0.05) is 18.2 Å². The Kier molecular flexibility index (Phi) is 3.62. The van der Waals surface area contributed by atoms with Crippen LogP contribution in [0.4, 0.5) is 4.79 Å². The summed E-state index contributed by atoms with van der Waals surface area (Å²) < 4.78 is 11.2. The summed E-state index contributed by atoms with van der Waals surface area (Å²) >= 11 is 0. The van der Waals surface area contributed by atoms with Crippen LogP contribution < -0.4 is 0 Å². The summed E-state index contributed by atoms with van der Waals surface area (Å²) in [6, 6.07) is -0.230. The van der Waals surface area contributed by atoms with E-state index < -0.39 is 11.2 Å². The SMILES string of the molecule is C=CC[C@@H]1C[C@]23C[C@@H](C=CC2=CC(=O)O3)N1C(=O)OC(C)(C)C. The normalized spacial score (nSPS) is 32.0. The topological polar surface area (TPSA) is 55.8 Å². The largest absolute Gasteiger partial charge is 0.451 e. The van der Waals surface area contributed by atoms with Crippen molar-refractivity contribution in [2.45, 2.75) is 63.3 Å². The number of rotatable bonds is 2. The number of ether oxygens (including phenoxy) is 2. The predicted molar refractivity (Wildman–Crippen MR) is 85.7 cm³/mol. The maximum atomic E-state index is 12.7. The molecule has 0 aromatic rings. The van der Waals surface area contributed by atoms with E-state index in [0.717, 1.165) is 5.57 Å². The zero-order valence-corrected chi connectivity index (χ0v) is 13.9. The average Bonchev–Trinajstić information content (AvgIpc) is 2.70. The summed E-state index contributed by atoms with van der Waals surface area (Å²) in [6.45, 7) is 9.36. The Morgan fingerprint density at radius 2 is 2.26 bits per heavy atom. The molecule has 5 heteroatoms. The molecular formula is C18H23NO4. The number of amides is 1. The lowest BCUT2D eigenvalue weighted by Gasteiger charge is -2.50. The second-order valence-electron chi connectivity index (χ2n) is 7.42. The van der Waals surface area contributed by atoms with Crippen molar-refractivity contribution < 1.29 is 19.1 Å². The Morgan fingerprint density at radius 1 is 1.52 bits per heavy atom. The molecule has 5 nitrogen and oxygen atoms in total. The van der Waals surface area contributed by atoms with E-state index in [1.807, 2.05) is 32.9 Å². The van der Waals surface area contributed by atoms with Crippen LogP contribution >= 0.6 is 0 Å². The number of hydrogen-bond donors (Lipinski definition) is 0. The van der Waals surface area contributed by atoms with Gasteiger partial charge in [0, 0.05) is 30.5 Å². The number of esters is 1. The van der Waals surface area contributed by atoms with Crippen molar-refractivity contribution in [3.8, 4) is 0 Å². The molecule has 124 valence electrons. The molecule has 1 aliphatic carbocycles. The van der Waals surface area contributed by atoms with E-state index in [1.165, 1.54) is 0 Å². The van der Waals surface area contributed by atoms with Crippen molar-refractivity contribution in [2.75, 3.05) is 0 Å². The molecule has 1 saturated heterocycles. The van der Waals surface area contributed by atoms with Crippen molar-refractivity contribution >= 4 is 12.1 Å². The van der Waals surface area contributed by atoms with Crippen molar-refractivity contribution in [1.82, 2.24) is 4.90 Å². The van der Waals surface area contributed by atoms with Crippen LogP contribution in [0.5, 0.6) is 0 Å². The molecule has 1 amide bonds. The third-order valence-corrected chi connectivity index (χ3v) is 4.49. The molecule has 2 heterocycles. The minimum absolute atomic E-state index is 0.0969. The highest BCUT2D eigenvalue weighted by Gasteiger charge is 2.54. The number of carbonyl (C=O) groups is 2. The number of nitrogens with zero attached hydrogens (tertiary/aromatic N) is 1. The van der Waals surface area contributed by atoms with Crippen molar-refractivity contribution in [3.63, 3.8) is 0 Å². The predicted octanol–water partition coefficient (Wildman–Crippen LogP) is 3.12. The van der Waals surface area contributed by atoms with Gasteiger partial charge in [0.2, 0.25) is 0 Å². The molecule has 1 spiro atoms. The van der Waals surface area contributed by atoms with Gasteiger partial charge in [-0.3, -0.25) is 4.90 Å². The number of likely N-dealkylation sites (tertiary alicyclic amines) is 1. The summed E-state index contributed by atoms with van der Waals surface area (Å²) in [5.74, 6) is -0.298. The third kappa shape index (κ3) is 2.80. The first-order chi connectivity index (χ1) is 10.7. The fraction of sp³-hybridized carbons (Fsp3) is 0.556. The van der Waals surface area contributed by atoms with Crippen molar-refractivity contribution in [1.29, 1.82) is 0 Å². The van der Waals surface area contributed by atoms with E-state index in [1.54, 1.807) is 17.1 Å². The molecule has 0 N–H and O–H groups in total. The monoisotopic (exact) mass is 317 g/mol. The van der Waals surface area contributed by atoms with Crippen LogP contribution in [0.2, 0.25) is 0 Å². The van der Waals surface area contributed by atoms with Crippen LogP contribution in [0, 0.1) is 0 Å². The summed E-state index contributed by atoms with van der Waals surface area (Å²) in [7, 11) is 0. The highest BCUT2D eigenvalue weighted by Crippen LogP contribution is 2.47. The summed E-state index contributed by atoms with van der Waals surface area (Å²) in [5.41, 5.74) is -0.228. The lowest BCUT2D eigenvalue weighted by Crippen LogP contribution is -2.59. The van der Waals surface area contributed by atoms with Gasteiger partial charge >= 0.3 is 12.1 Å². The third-order valence-electron chi connectivity index (χ3n) is 4.49. The lowest BCUT2D eigenvalue weighted by molar-refractivity contribution is -0.152. The maximum absolute atomic E-state index is 12.7. The zero-order valence-electron chi connectivity index (χ0n) is 13.9. The lowest BCUT2D eigenvalue weighted by atomic mass is 9.73. The van der Waals surface area contributed by atoms with Gasteiger partial charge in [-0.05, 0) is 27.2 Å². The van der Waals surface area contributed by atoms with Gasteiger partial charge in [0.05, 0.1) is 6.04 Å². The minimum atomic E-state index is -0.595. The average molecular weight is 317 g/mol. The number of hydrogen-bond acceptors (Lipinski definition) is 4. The Hall–Kier alpha value is -2.04. The van der Waals surface area contributed by atoms with E-state index in [2.05, 4.69) is 6.58 Å². The molecule has 0 saturated carbocycles. The Morgan fingerprint density at radius 3 is 2.91 bits per heavy atom. The van der Waals surface area contributed by atoms with Gasteiger partial charge in [-0.25, -0.2) is 9.59 Å². The smallest absolute Gasteiger partial charge is 0.411 e. The molecule has 3 aliphatic rings. The van der Waals surface area contributed by atoms with Crippen LogP contribution in [0.25, 0.3) is 0 Å². The summed E-state index contributed by atoms with van der Waals surface area (Å²) in [4.78, 5) is 26.2. The number of carbonyl (C=O) groups excluding carboxylic acids is 2. The molecule has 0 radical (unpaired) electrons. The molecule has 0 aromatic heterocycles. The zero-order chi connectivity index (χ0) is 16.8. The van der Waals surface area contributed by atoms with Gasteiger partial charge in [-0.2, -0.15) is 0 Å². The second kappa shape index (κ2) is 5.25. The van der Waals surface area contributed by atoms with Gasteiger partial charge in [0.15, 0.2) is 0 Å². The fourth-order valence-electron chi connectivity index (χ4n) is 3.69.